The molecule has 0 saturated carbocycles. The Morgan fingerprint density at radius 1 is 0.209 bits per heavy atom. The summed E-state index contributed by atoms with van der Waals surface area (Å²) in [6.07, 6.45) is -57.0. The van der Waals surface area contributed by atoms with Crippen LogP contribution in [0.2, 0.25) is 0 Å². The molecule has 21 aliphatic heterocycles. The third kappa shape index (κ3) is 14.6. The minimum atomic E-state index is -2.25. The molecule has 35 atom stereocenters. The van der Waals surface area contributed by atoms with Gasteiger partial charge in [-0.2, -0.15) is 0 Å². The summed E-state index contributed by atoms with van der Waals surface area (Å²) in [5.41, 5.74) is 68.3. The Morgan fingerprint density at radius 2 is 0.319 bits per heavy atom. The lowest BCUT2D eigenvalue weighted by atomic mass is 9.93. The van der Waals surface area contributed by atoms with Crippen LogP contribution in [0.5, 0.6) is 0 Å². The van der Waals surface area contributed by atoms with E-state index in [2.05, 4.69) is 70.2 Å². The molecule has 14 bridgehead atoms. The average Bonchev–Trinajstić information content (AvgIpc) is 0.803. The van der Waals surface area contributed by atoms with Crippen LogP contribution in [0.3, 0.4) is 0 Å². The minimum absolute atomic E-state index is 1.13. The second kappa shape index (κ2) is 32.3. The number of aliphatic hydroxyl groups excluding tert-OH is 14. The summed E-state index contributed by atoms with van der Waals surface area (Å²) in [4.78, 5) is 19.1. The van der Waals surface area contributed by atoms with Gasteiger partial charge in [0.25, 0.3) is 0 Å². The lowest BCUT2D eigenvalue weighted by molar-refractivity contribution is -0.371. The summed E-state index contributed by atoms with van der Waals surface area (Å²) < 4.78 is 82.8. The number of azide groups is 7. The summed E-state index contributed by atoms with van der Waals surface area (Å²) in [5.74, 6) is 0. The third-order valence-corrected chi connectivity index (χ3v) is 16.1. The molecule has 21 rings (SSSR count). The second-order valence-electron chi connectivity index (χ2n) is 21.1. The maximum atomic E-state index is 11.8. The fourth-order valence-electron chi connectivity index (χ4n) is 11.8. The Bertz CT molecular complexity index is 2290. The maximum absolute atomic E-state index is 11.8. The lowest BCUT2D eigenvalue weighted by Gasteiger charge is -2.50. The number of rotatable bonds is 14. The Kier molecular flexibility index (Phi) is 25.1. The quantitative estimate of drug-likeness (QED) is 0.0437. The van der Waals surface area contributed by atoms with Crippen LogP contribution in [0.15, 0.2) is 35.8 Å². The van der Waals surface area contributed by atoms with Crippen LogP contribution in [-0.2, 0) is 66.3 Å². The molecule has 21 fully saturated rings. The predicted octanol–water partition coefficient (Wildman–Crippen LogP) is -6.00. The topological polar surface area (TPSA) is 754 Å². The molecule has 21 saturated heterocycles. The highest BCUT2D eigenvalue weighted by atomic mass is 16.8. The molecule has 0 spiro atoms. The SMILES string of the molecule is [N-]=[N+]=N[C@H]1[C@H](O)[C@H]2O[C@H]3[C@@H](N=[N+]=[N-])[C@H](O)[C@@H](O[C@H]4[C@@H](N=[N+]=[N-])[C@H](O)[C@@H](O[C@H]5[C@@H](N=[N+]=[N-])[C@H](O)[C@@H](O[C@H]6[C@@H](N=[N+]=[N-])[C@H](O)[C@@H](O[C@H]7[C@@H](N=[N+]=[N-])[C@H](O)[C@@H](O[C@H]8[C@@H](N=[N+]=[N-])[C@H](O)[C@@H](O[C@@H]1[C@@H](CO)O2)O[C@@H]8CO)O[C@@H]7CO)O[C@@H]6CO)O[C@@H]5CO)O[C@@H]4CO)O[C@@H]3CO. The average molecular weight is 1310 g/mol. The summed E-state index contributed by atoms with van der Waals surface area (Å²) in [5, 5.41) is 183. The Balaban J connectivity index is 1.20. The second-order valence-corrected chi connectivity index (χ2v) is 21.1. The number of hydrogen-bond donors (Lipinski definition) is 14. The molecular formula is C42H63N21O28. The first-order valence-electron chi connectivity index (χ1n) is 27.4. The molecule has 0 unspecified atom stereocenters. The summed E-state index contributed by atoms with van der Waals surface area (Å²) in [6, 6.07) is -13.8. The van der Waals surface area contributed by atoms with Crippen LogP contribution < -0.4 is 0 Å². The van der Waals surface area contributed by atoms with Crippen molar-refractivity contribution in [2.75, 3.05) is 46.2 Å². The van der Waals surface area contributed by atoms with Crippen LogP contribution in [0.1, 0.15) is 0 Å². The normalized spacial score (nSPS) is 47.7. The highest BCUT2D eigenvalue weighted by Gasteiger charge is 2.60. The molecule has 0 aromatic heterocycles. The molecule has 0 aliphatic carbocycles. The zero-order valence-corrected chi connectivity index (χ0v) is 46.5. The van der Waals surface area contributed by atoms with E-state index in [1.807, 2.05) is 0 Å². The van der Waals surface area contributed by atoms with E-state index in [-0.39, 0.29) is 0 Å². The van der Waals surface area contributed by atoms with E-state index >= 15 is 0 Å². The molecule has 0 amide bonds. The van der Waals surface area contributed by atoms with E-state index in [0.717, 1.165) is 0 Å². The van der Waals surface area contributed by atoms with Crippen LogP contribution in [0.4, 0.5) is 0 Å². The largest absolute Gasteiger partial charge is 0.394 e. The molecule has 0 aromatic rings. The van der Waals surface area contributed by atoms with Crippen LogP contribution >= 0.6 is 0 Å². The zero-order chi connectivity index (χ0) is 66.0. The number of hydrogen-bond acceptors (Lipinski definition) is 35. The molecule has 21 heterocycles. The first-order valence-corrected chi connectivity index (χ1v) is 27.4. The van der Waals surface area contributed by atoms with Crippen molar-refractivity contribution < 1.29 is 138 Å². The van der Waals surface area contributed by atoms with E-state index in [1.165, 1.54) is 0 Å². The third-order valence-electron chi connectivity index (χ3n) is 16.1. The van der Waals surface area contributed by atoms with Crippen LogP contribution in [-0.4, -0.2) is 332 Å². The van der Waals surface area contributed by atoms with E-state index in [9.17, 15) is 110 Å². The molecule has 21 aliphatic rings. The monoisotopic (exact) mass is 1310 g/mol. The fraction of sp³-hybridized carbons (Fsp3) is 1.00. The van der Waals surface area contributed by atoms with Crippen molar-refractivity contribution in [1.82, 2.24) is 0 Å². The number of nitrogens with zero attached hydrogens (tertiary/aromatic N) is 21. The molecule has 504 valence electrons. The van der Waals surface area contributed by atoms with Gasteiger partial charge in [0, 0.05) is 34.4 Å². The molecule has 0 radical (unpaired) electrons. The van der Waals surface area contributed by atoms with Crippen molar-refractivity contribution in [3.63, 3.8) is 0 Å². The predicted molar refractivity (Wildman–Crippen MR) is 277 cm³/mol. The van der Waals surface area contributed by atoms with Gasteiger partial charge in [-0.05, 0) is 38.7 Å². The first kappa shape index (κ1) is 70.9. The minimum Gasteiger partial charge on any atom is -0.394 e. The summed E-state index contributed by atoms with van der Waals surface area (Å²) >= 11 is 0. The molecule has 14 N–H and O–H groups in total. The maximum Gasteiger partial charge on any atom is 0.184 e. The van der Waals surface area contributed by atoms with Gasteiger partial charge in [-0.25, -0.2) is 0 Å². The summed E-state index contributed by atoms with van der Waals surface area (Å²) in [7, 11) is 0. The molecule has 49 nitrogen and oxygen atoms in total. The van der Waals surface area contributed by atoms with Crippen molar-refractivity contribution in [3.8, 4) is 0 Å². The smallest absolute Gasteiger partial charge is 0.184 e. The Morgan fingerprint density at radius 3 is 0.407 bits per heavy atom. The van der Waals surface area contributed by atoms with Gasteiger partial charge in [0.05, 0.1) is 88.5 Å². The molecule has 49 heteroatoms. The Labute approximate surface area is 506 Å². The van der Waals surface area contributed by atoms with Gasteiger partial charge in [0.1, 0.15) is 128 Å². The highest BCUT2D eigenvalue weighted by Crippen LogP contribution is 2.41. The zero-order valence-electron chi connectivity index (χ0n) is 46.5. The van der Waals surface area contributed by atoms with Gasteiger partial charge in [0.15, 0.2) is 44.0 Å². The first-order chi connectivity index (χ1) is 43.9. The van der Waals surface area contributed by atoms with Gasteiger partial charge in [-0.15, -0.1) is 0 Å². The van der Waals surface area contributed by atoms with Gasteiger partial charge < -0.3 is 138 Å². The van der Waals surface area contributed by atoms with Gasteiger partial charge in [0.2, 0.25) is 0 Å². The standard InChI is InChI=1S/C42H63N21O28/c43-57-50-15-22(71)36-78-8(1-64)29(15)85-37-23(72)16(51-58-44)31(10(3-66)79-37)87-39-25(74)18(53-60-46)33(12(5-68)81-39)89-41-27(76)20(55-62-48)35(14(7-70)83-41)91-42-28(77)21(56-63-49)34(13(6-69)84-42)90-40-26(75)19(54-61-47)32(11(4-67)82-40)88-38-24(73)17(52-59-45)30(86-36)9(2-65)80-38/h8-42,64-77H,1-7H2/t8-,9-,10-,11-,12-,13-,14-,15+,16+,17+,18+,19+,20+,21+,22+,23+,24+,25+,26+,27+,28+,29-,30-,31-,32-,33-,34-,35-,36-,37-,38-,39-,40-,41-,42-/m1/s1. The summed E-state index contributed by atoms with van der Waals surface area (Å²) in [6.45, 7) is -7.88. The lowest BCUT2D eigenvalue weighted by Crippen LogP contribution is -2.67. The van der Waals surface area contributed by atoms with Crippen molar-refractivity contribution in [2.45, 2.75) is 215 Å². The van der Waals surface area contributed by atoms with Gasteiger partial charge in [-0.3, -0.25) is 0 Å². The molecular weight excluding hydrogens is 1250 g/mol. The molecule has 91 heavy (non-hydrogen) atoms. The van der Waals surface area contributed by atoms with Gasteiger partial charge in [-0.1, -0.05) is 35.8 Å². The van der Waals surface area contributed by atoms with E-state index in [4.69, 9.17) is 66.3 Å². The Hall–Kier alpha value is -5.95. The van der Waals surface area contributed by atoms with E-state index < -0.39 is 261 Å². The van der Waals surface area contributed by atoms with Crippen LogP contribution in [0, 0.1) is 0 Å². The van der Waals surface area contributed by atoms with Crippen LogP contribution in [0.25, 0.3) is 73.1 Å². The van der Waals surface area contributed by atoms with E-state index in [1.54, 1.807) is 0 Å². The highest BCUT2D eigenvalue weighted by molar-refractivity contribution is 5.07. The fourth-order valence-corrected chi connectivity index (χ4v) is 11.8. The van der Waals surface area contributed by atoms with Crippen molar-refractivity contribution in [2.24, 2.45) is 35.8 Å². The van der Waals surface area contributed by atoms with E-state index in [0.29, 0.717) is 0 Å². The van der Waals surface area contributed by atoms with Crippen molar-refractivity contribution >= 4 is 0 Å². The molecule has 0 aromatic carbocycles. The van der Waals surface area contributed by atoms with Crippen molar-refractivity contribution in [3.05, 3.63) is 73.1 Å². The van der Waals surface area contributed by atoms with Gasteiger partial charge >= 0.3 is 0 Å². The van der Waals surface area contributed by atoms with Crippen molar-refractivity contribution in [1.29, 1.82) is 0 Å². The number of ether oxygens (including phenoxy) is 14. The number of aliphatic hydroxyl groups is 14.